The molecule has 0 spiro atoms. The van der Waals surface area contributed by atoms with Gasteiger partial charge in [0, 0.05) is 25.7 Å². The fourth-order valence-corrected chi connectivity index (χ4v) is 2.29. The first kappa shape index (κ1) is 8.32. The number of amides is 1. The summed E-state index contributed by atoms with van der Waals surface area (Å²) in [6, 6.07) is 0.524. The molecule has 0 aromatic carbocycles. The average Bonchev–Trinajstić information content (AvgIpc) is 2.44. The Balaban J connectivity index is 1.98. The minimum atomic E-state index is 0.0788. The molecule has 2 bridgehead atoms. The van der Waals surface area contributed by atoms with E-state index < -0.39 is 0 Å². The molecule has 2 rings (SSSR count). The highest BCUT2D eigenvalue weighted by Gasteiger charge is 2.33. The average molecular weight is 189 g/mol. The van der Waals surface area contributed by atoms with E-state index in [-0.39, 0.29) is 11.8 Å². The van der Waals surface area contributed by atoms with Gasteiger partial charge in [-0.25, -0.2) is 0 Å². The third-order valence-electron chi connectivity index (χ3n) is 2.70. The molecule has 2 aliphatic heterocycles. The van der Waals surface area contributed by atoms with Crippen LogP contribution in [0.25, 0.3) is 0 Å². The number of hydrogen-bond acceptors (Lipinski definition) is 2. The lowest BCUT2D eigenvalue weighted by molar-refractivity contribution is -0.129. The number of rotatable bonds is 1. The predicted octanol–water partition coefficient (Wildman–Crippen LogP) is 0.0455. The molecule has 2 atom stereocenters. The molecule has 2 aliphatic rings. The molecule has 68 valence electrons. The Kier molecular flexibility index (Phi) is 2.24. The summed E-state index contributed by atoms with van der Waals surface area (Å²) < 4.78 is 0. The van der Waals surface area contributed by atoms with Crippen molar-refractivity contribution in [3.8, 4) is 0 Å². The van der Waals surface area contributed by atoms with E-state index in [9.17, 15) is 4.79 Å². The molecule has 0 saturated carbocycles. The SMILES string of the molecule is O=C(CCl)N1C[C@H]2CN[C@H](C2)C1. The van der Waals surface area contributed by atoms with Crippen molar-refractivity contribution in [1.82, 2.24) is 10.2 Å². The number of alkyl halides is 1. The number of fused-ring (bicyclic) bond motifs is 2. The highest BCUT2D eigenvalue weighted by molar-refractivity contribution is 6.27. The van der Waals surface area contributed by atoms with Gasteiger partial charge in [-0.3, -0.25) is 4.79 Å². The van der Waals surface area contributed by atoms with Crippen molar-refractivity contribution in [1.29, 1.82) is 0 Å². The number of nitrogens with zero attached hydrogens (tertiary/aromatic N) is 1. The molecule has 0 radical (unpaired) electrons. The molecule has 0 aromatic heterocycles. The summed E-state index contributed by atoms with van der Waals surface area (Å²) in [5.41, 5.74) is 0. The van der Waals surface area contributed by atoms with Crippen LogP contribution in [0, 0.1) is 5.92 Å². The molecular weight excluding hydrogens is 176 g/mol. The van der Waals surface area contributed by atoms with Gasteiger partial charge in [0.2, 0.25) is 5.91 Å². The van der Waals surface area contributed by atoms with E-state index in [1.807, 2.05) is 4.90 Å². The topological polar surface area (TPSA) is 32.3 Å². The summed E-state index contributed by atoms with van der Waals surface area (Å²) in [6.07, 6.45) is 1.23. The van der Waals surface area contributed by atoms with E-state index in [0.29, 0.717) is 12.0 Å². The van der Waals surface area contributed by atoms with Crippen LogP contribution in [0.4, 0.5) is 0 Å². The predicted molar refractivity (Wildman–Crippen MR) is 47.2 cm³/mol. The minimum Gasteiger partial charge on any atom is -0.340 e. The van der Waals surface area contributed by atoms with Gasteiger partial charge in [0.1, 0.15) is 5.88 Å². The summed E-state index contributed by atoms with van der Waals surface area (Å²) in [7, 11) is 0. The Morgan fingerprint density at radius 2 is 2.42 bits per heavy atom. The van der Waals surface area contributed by atoms with Crippen LogP contribution < -0.4 is 5.32 Å². The zero-order valence-electron chi connectivity index (χ0n) is 6.92. The lowest BCUT2D eigenvalue weighted by Crippen LogP contribution is -2.44. The van der Waals surface area contributed by atoms with Crippen LogP contribution in [0.5, 0.6) is 0 Å². The van der Waals surface area contributed by atoms with Gasteiger partial charge >= 0.3 is 0 Å². The van der Waals surface area contributed by atoms with E-state index >= 15 is 0 Å². The minimum absolute atomic E-state index is 0.0788. The van der Waals surface area contributed by atoms with Crippen molar-refractivity contribution < 1.29 is 4.79 Å². The molecule has 1 N–H and O–H groups in total. The zero-order valence-corrected chi connectivity index (χ0v) is 7.68. The first-order valence-electron chi connectivity index (χ1n) is 4.36. The summed E-state index contributed by atoms with van der Waals surface area (Å²) in [5, 5.41) is 3.39. The standard InChI is InChI=1S/C8H13ClN2O/c9-2-8(12)11-4-6-1-7(5-11)10-3-6/h6-7,10H,1-5H2/t6-,7-/m1/s1. The third kappa shape index (κ3) is 1.43. The lowest BCUT2D eigenvalue weighted by Gasteiger charge is -2.30. The fraction of sp³-hybridized carbons (Fsp3) is 0.875. The van der Waals surface area contributed by atoms with Gasteiger partial charge in [-0.1, -0.05) is 0 Å². The second-order valence-corrected chi connectivity index (χ2v) is 3.91. The lowest BCUT2D eigenvalue weighted by atomic mass is 10.0. The molecule has 2 fully saturated rings. The van der Waals surface area contributed by atoms with Crippen molar-refractivity contribution >= 4 is 17.5 Å². The monoisotopic (exact) mass is 188 g/mol. The van der Waals surface area contributed by atoms with Gasteiger partial charge in [-0.15, -0.1) is 11.6 Å². The number of nitrogens with one attached hydrogen (secondary N) is 1. The van der Waals surface area contributed by atoms with Crippen LogP contribution in [0.15, 0.2) is 0 Å². The molecule has 4 heteroatoms. The maximum atomic E-state index is 11.3. The van der Waals surface area contributed by atoms with Crippen molar-refractivity contribution in [2.24, 2.45) is 5.92 Å². The molecule has 1 amide bonds. The maximum Gasteiger partial charge on any atom is 0.237 e. The fourth-order valence-electron chi connectivity index (χ4n) is 2.12. The van der Waals surface area contributed by atoms with Gasteiger partial charge in [0.25, 0.3) is 0 Å². The number of carbonyl (C=O) groups excluding carboxylic acids is 1. The molecule has 0 aromatic rings. The highest BCUT2D eigenvalue weighted by atomic mass is 35.5. The Morgan fingerprint density at radius 3 is 3.08 bits per heavy atom. The van der Waals surface area contributed by atoms with E-state index in [1.54, 1.807) is 0 Å². The maximum absolute atomic E-state index is 11.3. The molecule has 3 nitrogen and oxygen atoms in total. The zero-order chi connectivity index (χ0) is 8.55. The first-order chi connectivity index (χ1) is 5.79. The first-order valence-corrected chi connectivity index (χ1v) is 4.90. The van der Waals surface area contributed by atoms with E-state index in [0.717, 1.165) is 19.6 Å². The number of carbonyl (C=O) groups is 1. The van der Waals surface area contributed by atoms with Gasteiger partial charge in [-0.05, 0) is 12.3 Å². The third-order valence-corrected chi connectivity index (χ3v) is 2.93. The molecule has 12 heavy (non-hydrogen) atoms. The highest BCUT2D eigenvalue weighted by Crippen LogP contribution is 2.22. The Labute approximate surface area is 77.1 Å². The Morgan fingerprint density at radius 1 is 1.58 bits per heavy atom. The van der Waals surface area contributed by atoms with E-state index in [1.165, 1.54) is 6.42 Å². The summed E-state index contributed by atoms with van der Waals surface area (Å²) in [6.45, 7) is 2.81. The van der Waals surface area contributed by atoms with Crippen LogP contribution in [0.1, 0.15) is 6.42 Å². The van der Waals surface area contributed by atoms with E-state index in [2.05, 4.69) is 5.32 Å². The second kappa shape index (κ2) is 3.23. The Bertz CT molecular complexity index is 185. The van der Waals surface area contributed by atoms with Gasteiger partial charge in [0.05, 0.1) is 0 Å². The number of likely N-dealkylation sites (tertiary alicyclic amines) is 1. The van der Waals surface area contributed by atoms with Crippen molar-refractivity contribution in [3.63, 3.8) is 0 Å². The van der Waals surface area contributed by atoms with E-state index in [4.69, 9.17) is 11.6 Å². The van der Waals surface area contributed by atoms with Gasteiger partial charge < -0.3 is 10.2 Å². The van der Waals surface area contributed by atoms with Crippen LogP contribution in [-0.4, -0.2) is 42.4 Å². The van der Waals surface area contributed by atoms with Crippen LogP contribution in [0.3, 0.4) is 0 Å². The van der Waals surface area contributed by atoms with Crippen molar-refractivity contribution in [2.75, 3.05) is 25.5 Å². The molecule has 0 unspecified atom stereocenters. The quantitative estimate of drug-likeness (QED) is 0.590. The van der Waals surface area contributed by atoms with Gasteiger partial charge in [0.15, 0.2) is 0 Å². The number of hydrogen-bond donors (Lipinski definition) is 1. The van der Waals surface area contributed by atoms with Crippen LogP contribution in [-0.2, 0) is 4.79 Å². The molecule has 0 aliphatic carbocycles. The Hall–Kier alpha value is -0.280. The van der Waals surface area contributed by atoms with Crippen molar-refractivity contribution in [3.05, 3.63) is 0 Å². The number of halogens is 1. The molecular formula is C8H13ClN2O. The molecule has 2 saturated heterocycles. The summed E-state index contributed by atoms with van der Waals surface area (Å²) in [5.74, 6) is 0.866. The van der Waals surface area contributed by atoms with Crippen LogP contribution >= 0.6 is 11.6 Å². The number of piperidine rings is 1. The summed E-state index contributed by atoms with van der Waals surface area (Å²) >= 11 is 5.49. The molecule has 2 heterocycles. The normalized spacial score (nSPS) is 33.9. The second-order valence-electron chi connectivity index (χ2n) is 3.64. The largest absolute Gasteiger partial charge is 0.340 e. The summed E-state index contributed by atoms with van der Waals surface area (Å²) in [4.78, 5) is 13.1. The van der Waals surface area contributed by atoms with Gasteiger partial charge in [-0.2, -0.15) is 0 Å². The smallest absolute Gasteiger partial charge is 0.237 e. The van der Waals surface area contributed by atoms with Crippen LogP contribution in [0.2, 0.25) is 0 Å². The van der Waals surface area contributed by atoms with Crippen molar-refractivity contribution in [2.45, 2.75) is 12.5 Å².